The van der Waals surface area contributed by atoms with Crippen LogP contribution in [0, 0.1) is 17.3 Å². The van der Waals surface area contributed by atoms with E-state index < -0.39 is 5.60 Å². The Bertz CT molecular complexity index is 670. The Balaban J connectivity index is 1.22. The zero-order valence-corrected chi connectivity index (χ0v) is 15.4. The Kier molecular flexibility index (Phi) is 3.78. The summed E-state index contributed by atoms with van der Waals surface area (Å²) in [5.41, 5.74) is -0.393. The molecule has 1 saturated heterocycles. The van der Waals surface area contributed by atoms with E-state index in [0.717, 1.165) is 64.1 Å². The van der Waals surface area contributed by atoms with Crippen LogP contribution in [-0.4, -0.2) is 52.7 Å². The summed E-state index contributed by atoms with van der Waals surface area (Å²) in [6, 6.07) is 5.98. The first-order valence-corrected chi connectivity index (χ1v) is 10.2. The molecule has 5 heteroatoms. The lowest BCUT2D eigenvalue weighted by molar-refractivity contribution is -0.172. The molecule has 0 spiro atoms. The van der Waals surface area contributed by atoms with Crippen LogP contribution in [0.15, 0.2) is 24.4 Å². The van der Waals surface area contributed by atoms with Gasteiger partial charge in [0, 0.05) is 38.8 Å². The lowest BCUT2D eigenvalue weighted by atomic mass is 9.47. The van der Waals surface area contributed by atoms with Crippen molar-refractivity contribution >= 4 is 11.7 Å². The Morgan fingerprint density at radius 2 is 1.85 bits per heavy atom. The summed E-state index contributed by atoms with van der Waals surface area (Å²) < 4.78 is 0. The molecular weight excluding hydrogens is 326 g/mol. The molecule has 2 unspecified atom stereocenters. The van der Waals surface area contributed by atoms with Gasteiger partial charge >= 0.3 is 0 Å². The maximum Gasteiger partial charge on any atom is 0.223 e. The van der Waals surface area contributed by atoms with E-state index in [1.807, 2.05) is 29.3 Å². The van der Waals surface area contributed by atoms with Crippen molar-refractivity contribution in [2.45, 2.75) is 50.5 Å². The maximum absolute atomic E-state index is 13.0. The van der Waals surface area contributed by atoms with E-state index in [-0.39, 0.29) is 5.41 Å². The van der Waals surface area contributed by atoms with Crippen molar-refractivity contribution in [3.05, 3.63) is 24.4 Å². The van der Waals surface area contributed by atoms with Crippen LogP contribution >= 0.6 is 0 Å². The van der Waals surface area contributed by atoms with Gasteiger partial charge in [-0.15, -0.1) is 0 Å². The molecule has 1 aromatic rings. The summed E-state index contributed by atoms with van der Waals surface area (Å²) in [5, 5.41) is 10.9. The number of rotatable bonds is 3. The van der Waals surface area contributed by atoms with Gasteiger partial charge in [0.25, 0.3) is 0 Å². The lowest BCUT2D eigenvalue weighted by Crippen LogP contribution is -2.57. The zero-order valence-electron chi connectivity index (χ0n) is 15.4. The first-order valence-electron chi connectivity index (χ1n) is 10.2. The molecule has 1 aliphatic heterocycles. The highest BCUT2D eigenvalue weighted by Gasteiger charge is 2.57. The molecule has 2 atom stereocenters. The molecule has 4 saturated carbocycles. The number of piperazine rings is 1. The topological polar surface area (TPSA) is 56.7 Å². The van der Waals surface area contributed by atoms with Gasteiger partial charge in [-0.2, -0.15) is 0 Å². The van der Waals surface area contributed by atoms with Crippen LogP contribution in [-0.2, 0) is 4.79 Å². The van der Waals surface area contributed by atoms with Crippen LogP contribution in [0.3, 0.4) is 0 Å². The van der Waals surface area contributed by atoms with Crippen LogP contribution in [0.5, 0.6) is 0 Å². The van der Waals surface area contributed by atoms with Gasteiger partial charge in [0.1, 0.15) is 5.82 Å². The largest absolute Gasteiger partial charge is 0.390 e. The third kappa shape index (κ3) is 2.90. The number of carbonyl (C=O) groups is 1. The minimum atomic E-state index is -0.470. The second kappa shape index (κ2) is 5.95. The Morgan fingerprint density at radius 3 is 2.46 bits per heavy atom. The van der Waals surface area contributed by atoms with Crippen molar-refractivity contribution in [1.29, 1.82) is 0 Å². The minimum Gasteiger partial charge on any atom is -0.390 e. The number of hydrogen-bond acceptors (Lipinski definition) is 4. The Hall–Kier alpha value is -1.62. The van der Waals surface area contributed by atoms with Crippen LogP contribution in [0.25, 0.3) is 0 Å². The van der Waals surface area contributed by atoms with Crippen LogP contribution < -0.4 is 4.90 Å². The van der Waals surface area contributed by atoms with Crippen molar-refractivity contribution in [3.63, 3.8) is 0 Å². The number of pyridine rings is 1. The van der Waals surface area contributed by atoms with E-state index in [1.54, 1.807) is 0 Å². The molecule has 1 aromatic heterocycles. The van der Waals surface area contributed by atoms with E-state index in [1.165, 1.54) is 6.42 Å². The van der Waals surface area contributed by atoms with Crippen LogP contribution in [0.1, 0.15) is 44.9 Å². The summed E-state index contributed by atoms with van der Waals surface area (Å²) >= 11 is 0. The first kappa shape index (κ1) is 16.5. The van der Waals surface area contributed by atoms with E-state index in [2.05, 4.69) is 9.88 Å². The fraction of sp³-hybridized carbons (Fsp3) is 0.714. The number of aliphatic hydroxyl groups is 1. The van der Waals surface area contributed by atoms with E-state index in [9.17, 15) is 9.90 Å². The number of hydrogen-bond donors (Lipinski definition) is 1. The maximum atomic E-state index is 13.0. The average molecular weight is 355 g/mol. The number of carbonyl (C=O) groups excluding carboxylic acids is 1. The molecule has 0 aromatic carbocycles. The summed E-state index contributed by atoms with van der Waals surface area (Å²) in [6.45, 7) is 3.26. The molecule has 5 fully saturated rings. The second-order valence-electron chi connectivity index (χ2n) is 9.42. The van der Waals surface area contributed by atoms with Crippen molar-refractivity contribution in [2.75, 3.05) is 31.1 Å². The molecule has 140 valence electrons. The van der Waals surface area contributed by atoms with Crippen LogP contribution in [0.2, 0.25) is 0 Å². The monoisotopic (exact) mass is 355 g/mol. The molecular formula is C21H29N3O2. The first-order chi connectivity index (χ1) is 12.5. The lowest BCUT2D eigenvalue weighted by Gasteiger charge is -2.60. The standard InChI is InChI=1S/C21H29N3O2/c25-19(24-7-5-23(6-8-24)18-3-1-2-4-22-18)14-20-10-16-9-17(11-20)13-21(26,12-16)15-20/h1-4,16-17,26H,5-15H2. The third-order valence-corrected chi connectivity index (χ3v) is 7.28. The molecule has 4 aliphatic carbocycles. The highest BCUT2D eigenvalue weighted by molar-refractivity contribution is 5.77. The molecule has 5 aliphatic rings. The Labute approximate surface area is 155 Å². The minimum absolute atomic E-state index is 0.0774. The van der Waals surface area contributed by atoms with Gasteiger partial charge in [-0.05, 0) is 67.9 Å². The highest BCUT2D eigenvalue weighted by Crippen LogP contribution is 2.62. The second-order valence-corrected chi connectivity index (χ2v) is 9.42. The number of nitrogens with zero attached hydrogens (tertiary/aromatic N) is 3. The summed E-state index contributed by atoms with van der Waals surface area (Å²) in [6.07, 6.45) is 8.87. The molecule has 5 nitrogen and oxygen atoms in total. The summed E-state index contributed by atoms with van der Waals surface area (Å²) in [4.78, 5) is 21.8. The van der Waals surface area contributed by atoms with Gasteiger partial charge in [0.15, 0.2) is 0 Å². The molecule has 6 rings (SSSR count). The highest BCUT2D eigenvalue weighted by atomic mass is 16.3. The number of aromatic nitrogens is 1. The van der Waals surface area contributed by atoms with E-state index in [0.29, 0.717) is 24.2 Å². The van der Waals surface area contributed by atoms with Crippen molar-refractivity contribution in [3.8, 4) is 0 Å². The van der Waals surface area contributed by atoms with Gasteiger partial charge in [0.05, 0.1) is 5.60 Å². The number of amides is 1. The summed E-state index contributed by atoms with van der Waals surface area (Å²) in [5.74, 6) is 2.60. The van der Waals surface area contributed by atoms with Crippen molar-refractivity contribution < 1.29 is 9.90 Å². The van der Waals surface area contributed by atoms with Crippen molar-refractivity contribution in [2.24, 2.45) is 17.3 Å². The Morgan fingerprint density at radius 1 is 1.12 bits per heavy atom. The van der Waals surface area contributed by atoms with Crippen molar-refractivity contribution in [1.82, 2.24) is 9.88 Å². The van der Waals surface area contributed by atoms with E-state index >= 15 is 0 Å². The zero-order chi connectivity index (χ0) is 17.8. The smallest absolute Gasteiger partial charge is 0.223 e. The molecule has 26 heavy (non-hydrogen) atoms. The van der Waals surface area contributed by atoms with Gasteiger partial charge in [-0.3, -0.25) is 4.79 Å². The van der Waals surface area contributed by atoms with Gasteiger partial charge < -0.3 is 14.9 Å². The summed E-state index contributed by atoms with van der Waals surface area (Å²) in [7, 11) is 0. The fourth-order valence-corrected chi connectivity index (χ4v) is 6.77. The fourth-order valence-electron chi connectivity index (χ4n) is 6.77. The van der Waals surface area contributed by atoms with Gasteiger partial charge in [0.2, 0.25) is 5.91 Å². The predicted octanol–water partition coefficient (Wildman–Crippen LogP) is 2.45. The molecule has 1 amide bonds. The molecule has 1 N–H and O–H groups in total. The third-order valence-electron chi connectivity index (χ3n) is 7.28. The SMILES string of the molecule is O=C(CC12CC3CC(CC(O)(C3)C1)C2)N1CCN(c2ccccn2)CC1. The van der Waals surface area contributed by atoms with Gasteiger partial charge in [-0.1, -0.05) is 6.07 Å². The molecule has 4 bridgehead atoms. The predicted molar refractivity (Wildman–Crippen MR) is 99.7 cm³/mol. The quantitative estimate of drug-likeness (QED) is 0.905. The van der Waals surface area contributed by atoms with Crippen LogP contribution in [0.4, 0.5) is 5.82 Å². The molecule has 0 radical (unpaired) electrons. The average Bonchev–Trinajstić information content (AvgIpc) is 2.60. The number of anilines is 1. The normalized spacial score (nSPS) is 38.7. The van der Waals surface area contributed by atoms with Gasteiger partial charge in [-0.25, -0.2) is 4.98 Å². The van der Waals surface area contributed by atoms with E-state index in [4.69, 9.17) is 0 Å². The molecule has 2 heterocycles.